The van der Waals surface area contributed by atoms with Crippen molar-refractivity contribution in [2.45, 2.75) is 6.42 Å². The van der Waals surface area contributed by atoms with E-state index in [1.54, 1.807) is 25.4 Å². The van der Waals surface area contributed by atoms with E-state index < -0.39 is 0 Å². The van der Waals surface area contributed by atoms with Crippen molar-refractivity contribution in [3.05, 3.63) is 52.5 Å². The van der Waals surface area contributed by atoms with Gasteiger partial charge in [0.05, 0.1) is 18.2 Å². The summed E-state index contributed by atoms with van der Waals surface area (Å²) in [5.74, 6) is -0.411. The van der Waals surface area contributed by atoms with E-state index in [4.69, 9.17) is 4.42 Å². The van der Waals surface area contributed by atoms with Gasteiger partial charge in [0.1, 0.15) is 5.58 Å². The van der Waals surface area contributed by atoms with E-state index in [0.717, 1.165) is 9.86 Å². The lowest BCUT2D eigenvalue weighted by atomic mass is 10.1. The van der Waals surface area contributed by atoms with Gasteiger partial charge >= 0.3 is 0 Å². The van der Waals surface area contributed by atoms with Gasteiger partial charge in [0.2, 0.25) is 5.78 Å². The molecule has 0 N–H and O–H groups in total. The van der Waals surface area contributed by atoms with Crippen LogP contribution in [0.2, 0.25) is 0 Å². The highest BCUT2D eigenvalue weighted by atomic mass is 79.9. The summed E-state index contributed by atoms with van der Waals surface area (Å²) in [5, 5.41) is 4.74. The summed E-state index contributed by atoms with van der Waals surface area (Å²) < 4.78 is 7.91. The Bertz CT molecular complexity index is 848. The smallest absolute Gasteiger partial charge is 0.205 e. The molecule has 0 fully saturated rings. The number of hydrogen-bond acceptors (Lipinski definition) is 4. The van der Waals surface area contributed by atoms with Crippen molar-refractivity contribution in [2.75, 3.05) is 0 Å². The summed E-state index contributed by atoms with van der Waals surface area (Å²) in [6, 6.07) is 7.12. The van der Waals surface area contributed by atoms with E-state index in [-0.39, 0.29) is 23.7 Å². The number of aryl methyl sites for hydroxylation is 1. The van der Waals surface area contributed by atoms with Crippen LogP contribution in [0.4, 0.5) is 0 Å². The lowest BCUT2D eigenvalue weighted by Gasteiger charge is -1.95. The van der Waals surface area contributed by atoms with E-state index in [9.17, 15) is 9.59 Å². The van der Waals surface area contributed by atoms with Crippen LogP contribution in [-0.2, 0) is 7.05 Å². The number of rotatable bonds is 4. The van der Waals surface area contributed by atoms with Gasteiger partial charge in [-0.15, -0.1) is 0 Å². The topological polar surface area (TPSA) is 65.1 Å². The molecule has 0 aliphatic carbocycles. The van der Waals surface area contributed by atoms with Crippen molar-refractivity contribution in [2.24, 2.45) is 7.05 Å². The normalized spacial score (nSPS) is 11.0. The molecule has 106 valence electrons. The average molecular weight is 347 g/mol. The molecule has 0 saturated heterocycles. The molecule has 6 heteroatoms. The van der Waals surface area contributed by atoms with Crippen LogP contribution in [-0.4, -0.2) is 21.3 Å². The Labute approximate surface area is 128 Å². The van der Waals surface area contributed by atoms with Crippen LogP contribution in [0.15, 0.2) is 45.5 Å². The Balaban J connectivity index is 1.82. The maximum absolute atomic E-state index is 12.1. The van der Waals surface area contributed by atoms with Crippen LogP contribution >= 0.6 is 15.9 Å². The Morgan fingerprint density at radius 3 is 2.81 bits per heavy atom. The van der Waals surface area contributed by atoms with Crippen LogP contribution in [0.3, 0.4) is 0 Å². The number of ketones is 2. The molecule has 0 atom stereocenters. The third-order valence-corrected chi connectivity index (χ3v) is 3.59. The zero-order chi connectivity index (χ0) is 15.0. The molecular weight excluding hydrogens is 336 g/mol. The molecule has 0 unspecified atom stereocenters. The third-order valence-electron chi connectivity index (χ3n) is 3.10. The molecule has 0 saturated carbocycles. The Morgan fingerprint density at radius 2 is 2.10 bits per heavy atom. The summed E-state index contributed by atoms with van der Waals surface area (Å²) in [5.41, 5.74) is 1.04. The van der Waals surface area contributed by atoms with Crippen LogP contribution in [0.5, 0.6) is 0 Å². The number of fused-ring (bicyclic) bond motifs is 1. The Kier molecular flexibility index (Phi) is 3.47. The number of carbonyl (C=O) groups is 2. The number of furan rings is 1. The van der Waals surface area contributed by atoms with Gasteiger partial charge in [-0.1, -0.05) is 15.9 Å². The number of halogens is 1. The molecule has 3 aromatic rings. The van der Waals surface area contributed by atoms with Crippen molar-refractivity contribution < 1.29 is 14.0 Å². The number of benzene rings is 1. The molecule has 0 aliphatic heterocycles. The molecule has 5 nitrogen and oxygen atoms in total. The summed E-state index contributed by atoms with van der Waals surface area (Å²) >= 11 is 3.36. The molecule has 0 amide bonds. The number of hydrogen-bond donors (Lipinski definition) is 0. The zero-order valence-corrected chi connectivity index (χ0v) is 12.8. The monoisotopic (exact) mass is 346 g/mol. The summed E-state index contributed by atoms with van der Waals surface area (Å²) in [6.07, 6.45) is 2.81. The predicted molar refractivity (Wildman–Crippen MR) is 80.4 cm³/mol. The predicted octanol–water partition coefficient (Wildman–Crippen LogP) is 3.38. The third kappa shape index (κ3) is 2.80. The summed E-state index contributed by atoms with van der Waals surface area (Å²) in [6.45, 7) is 0. The molecule has 1 aromatic carbocycles. The fourth-order valence-corrected chi connectivity index (χ4v) is 2.43. The lowest BCUT2D eigenvalue weighted by Crippen LogP contribution is -2.07. The molecule has 0 aliphatic rings. The minimum Gasteiger partial charge on any atom is -0.453 e. The second-order valence-electron chi connectivity index (χ2n) is 4.72. The largest absolute Gasteiger partial charge is 0.453 e. The molecular formula is C15H11BrN2O3. The maximum Gasteiger partial charge on any atom is 0.205 e. The molecule has 2 aromatic heterocycles. The van der Waals surface area contributed by atoms with Crippen molar-refractivity contribution in [1.82, 2.24) is 9.78 Å². The standard InChI is InChI=1S/C15H11BrN2O3/c1-18-8-10(7-17-18)12(19)6-13(20)15-5-9-4-11(16)2-3-14(9)21-15/h2-5,7-8H,6H2,1H3. The van der Waals surface area contributed by atoms with Gasteiger partial charge in [-0.3, -0.25) is 14.3 Å². The van der Waals surface area contributed by atoms with Gasteiger partial charge in [0, 0.05) is 23.1 Å². The van der Waals surface area contributed by atoms with Crippen LogP contribution in [0.1, 0.15) is 27.3 Å². The van der Waals surface area contributed by atoms with E-state index in [0.29, 0.717) is 11.1 Å². The number of Topliss-reactive ketones (excluding diaryl/α,β-unsaturated/α-hetero) is 2. The quantitative estimate of drug-likeness (QED) is 0.536. The fraction of sp³-hybridized carbons (Fsp3) is 0.133. The first kappa shape index (κ1) is 13.8. The number of aromatic nitrogens is 2. The van der Waals surface area contributed by atoms with Crippen molar-refractivity contribution in [3.8, 4) is 0 Å². The maximum atomic E-state index is 12.1. The first-order chi connectivity index (χ1) is 10.0. The van der Waals surface area contributed by atoms with Crippen molar-refractivity contribution in [3.63, 3.8) is 0 Å². The first-order valence-corrected chi connectivity index (χ1v) is 7.06. The van der Waals surface area contributed by atoms with Crippen molar-refractivity contribution >= 4 is 38.5 Å². The van der Waals surface area contributed by atoms with E-state index in [2.05, 4.69) is 21.0 Å². The molecule has 0 spiro atoms. The average Bonchev–Trinajstić information content (AvgIpc) is 3.04. The SMILES string of the molecule is Cn1cc(C(=O)CC(=O)c2cc3cc(Br)ccc3o2)cn1. The summed E-state index contributed by atoms with van der Waals surface area (Å²) in [7, 11) is 1.72. The highest BCUT2D eigenvalue weighted by molar-refractivity contribution is 9.10. The highest BCUT2D eigenvalue weighted by Crippen LogP contribution is 2.24. The Hall–Kier alpha value is -2.21. The number of carbonyl (C=O) groups excluding carboxylic acids is 2. The van der Waals surface area contributed by atoms with Crippen molar-refractivity contribution in [1.29, 1.82) is 0 Å². The summed E-state index contributed by atoms with van der Waals surface area (Å²) in [4.78, 5) is 24.1. The van der Waals surface area contributed by atoms with Crippen LogP contribution in [0, 0.1) is 0 Å². The Morgan fingerprint density at radius 1 is 1.29 bits per heavy atom. The van der Waals surface area contributed by atoms with Gasteiger partial charge in [0.25, 0.3) is 0 Å². The van der Waals surface area contributed by atoms with Gasteiger partial charge in [-0.25, -0.2) is 0 Å². The minimum absolute atomic E-state index is 0.195. The van der Waals surface area contributed by atoms with Gasteiger partial charge in [-0.2, -0.15) is 5.10 Å². The van der Waals surface area contributed by atoms with E-state index in [1.165, 1.54) is 10.9 Å². The zero-order valence-electron chi connectivity index (χ0n) is 11.2. The molecule has 3 rings (SSSR count). The molecule has 0 radical (unpaired) electrons. The second-order valence-corrected chi connectivity index (χ2v) is 5.63. The van der Waals surface area contributed by atoms with E-state index in [1.807, 2.05) is 12.1 Å². The molecule has 21 heavy (non-hydrogen) atoms. The first-order valence-electron chi connectivity index (χ1n) is 6.27. The van der Waals surface area contributed by atoms with Gasteiger partial charge in [0.15, 0.2) is 11.5 Å². The highest BCUT2D eigenvalue weighted by Gasteiger charge is 2.18. The van der Waals surface area contributed by atoms with Crippen LogP contribution in [0.25, 0.3) is 11.0 Å². The molecule has 0 bridgehead atoms. The lowest BCUT2D eigenvalue weighted by molar-refractivity contribution is 0.0879. The van der Waals surface area contributed by atoms with Crippen LogP contribution < -0.4 is 0 Å². The second kappa shape index (κ2) is 5.29. The molecule has 2 heterocycles. The number of nitrogens with zero attached hydrogens (tertiary/aromatic N) is 2. The minimum atomic E-state index is -0.337. The van der Waals surface area contributed by atoms with Gasteiger partial charge in [-0.05, 0) is 24.3 Å². The fourth-order valence-electron chi connectivity index (χ4n) is 2.05. The van der Waals surface area contributed by atoms with E-state index >= 15 is 0 Å². The van der Waals surface area contributed by atoms with Gasteiger partial charge < -0.3 is 4.42 Å².